The predicted molar refractivity (Wildman–Crippen MR) is 93.3 cm³/mol. The number of aryl methyl sites for hydroxylation is 1. The number of carbonyl (C=O) groups excluding carboxylic acids is 1. The smallest absolute Gasteiger partial charge is 0.311 e. The molecule has 0 unspecified atom stereocenters. The van der Waals surface area contributed by atoms with Crippen LogP contribution in [0.1, 0.15) is 50.3 Å². The molecule has 1 amide bonds. The van der Waals surface area contributed by atoms with Gasteiger partial charge in [0.2, 0.25) is 5.91 Å². The molecule has 1 heterocycles. The van der Waals surface area contributed by atoms with Crippen LogP contribution in [0.15, 0.2) is 24.3 Å². The van der Waals surface area contributed by atoms with Crippen LogP contribution in [0.5, 0.6) is 0 Å². The van der Waals surface area contributed by atoms with E-state index in [9.17, 15) is 14.7 Å². The van der Waals surface area contributed by atoms with Crippen molar-refractivity contribution in [2.75, 3.05) is 6.54 Å². The number of hydrogen-bond acceptors (Lipinski definition) is 3. The van der Waals surface area contributed by atoms with Crippen LogP contribution in [-0.2, 0) is 16.1 Å². The number of carboxylic acid groups (broad SMARTS) is 1. The molecule has 6 heteroatoms. The Morgan fingerprint density at radius 3 is 2.68 bits per heavy atom. The van der Waals surface area contributed by atoms with Crippen LogP contribution in [0.2, 0.25) is 0 Å². The van der Waals surface area contributed by atoms with Gasteiger partial charge in [-0.05, 0) is 37.8 Å². The number of hydrogen-bond donors (Lipinski definition) is 2. The fraction of sp³-hybridized carbons (Fsp3) is 0.526. The van der Waals surface area contributed by atoms with Crippen LogP contribution in [0.4, 0.5) is 0 Å². The summed E-state index contributed by atoms with van der Waals surface area (Å²) in [4.78, 5) is 28.3. The quantitative estimate of drug-likeness (QED) is 0.811. The lowest BCUT2D eigenvalue weighted by atomic mass is 9.69. The van der Waals surface area contributed by atoms with Crippen molar-refractivity contribution in [1.29, 1.82) is 0 Å². The average Bonchev–Trinajstić information content (AvgIpc) is 3.33. The number of imidazole rings is 1. The van der Waals surface area contributed by atoms with E-state index in [-0.39, 0.29) is 12.5 Å². The van der Waals surface area contributed by atoms with Crippen LogP contribution in [0.25, 0.3) is 11.0 Å². The first-order valence-corrected chi connectivity index (χ1v) is 9.04. The van der Waals surface area contributed by atoms with Crippen molar-refractivity contribution in [3.63, 3.8) is 0 Å². The first kappa shape index (κ1) is 16.1. The summed E-state index contributed by atoms with van der Waals surface area (Å²) in [6, 6.07) is 8.02. The lowest BCUT2D eigenvalue weighted by Crippen LogP contribution is -2.47. The van der Waals surface area contributed by atoms with Gasteiger partial charge in [-0.25, -0.2) is 4.98 Å². The number of carboxylic acids is 1. The number of nitrogens with zero attached hydrogens (tertiary/aromatic N) is 2. The van der Waals surface area contributed by atoms with Crippen molar-refractivity contribution >= 4 is 22.9 Å². The zero-order valence-corrected chi connectivity index (χ0v) is 14.2. The monoisotopic (exact) mass is 341 g/mol. The predicted octanol–water partition coefficient (Wildman–Crippen LogP) is 2.67. The maximum Gasteiger partial charge on any atom is 0.311 e. The van der Waals surface area contributed by atoms with E-state index < -0.39 is 11.4 Å². The van der Waals surface area contributed by atoms with E-state index in [1.54, 1.807) is 0 Å². The van der Waals surface area contributed by atoms with Crippen LogP contribution in [0, 0.1) is 5.41 Å². The zero-order chi connectivity index (χ0) is 17.4. The Labute approximate surface area is 146 Å². The number of para-hydroxylation sites is 2. The molecule has 2 saturated carbocycles. The van der Waals surface area contributed by atoms with E-state index in [4.69, 9.17) is 4.98 Å². The summed E-state index contributed by atoms with van der Waals surface area (Å²) < 4.78 is 2.16. The maximum absolute atomic E-state index is 12.2. The van der Waals surface area contributed by atoms with E-state index in [0.717, 1.165) is 36.1 Å². The molecule has 2 aromatic rings. The highest BCUT2D eigenvalue weighted by molar-refractivity contribution is 5.80. The molecule has 2 fully saturated rings. The maximum atomic E-state index is 12.2. The zero-order valence-electron chi connectivity index (χ0n) is 14.2. The fourth-order valence-electron chi connectivity index (χ4n) is 3.62. The van der Waals surface area contributed by atoms with Crippen molar-refractivity contribution in [1.82, 2.24) is 14.9 Å². The second-order valence-corrected chi connectivity index (χ2v) is 7.35. The Balaban J connectivity index is 1.41. The first-order chi connectivity index (χ1) is 12.1. The molecule has 0 radical (unpaired) electrons. The van der Waals surface area contributed by atoms with E-state index in [0.29, 0.717) is 31.7 Å². The molecule has 2 aliphatic rings. The van der Waals surface area contributed by atoms with E-state index in [2.05, 4.69) is 9.88 Å². The van der Waals surface area contributed by atoms with Gasteiger partial charge in [-0.2, -0.15) is 0 Å². The van der Waals surface area contributed by atoms with E-state index in [1.807, 2.05) is 24.3 Å². The van der Waals surface area contributed by atoms with Crippen LogP contribution >= 0.6 is 0 Å². The molecule has 132 valence electrons. The number of carbonyl (C=O) groups is 2. The summed E-state index contributed by atoms with van der Waals surface area (Å²) in [5.41, 5.74) is 1.30. The molecule has 0 aliphatic heterocycles. The van der Waals surface area contributed by atoms with Crippen molar-refractivity contribution in [3.8, 4) is 0 Å². The van der Waals surface area contributed by atoms with Crippen LogP contribution in [0.3, 0.4) is 0 Å². The minimum absolute atomic E-state index is 0.0907. The van der Waals surface area contributed by atoms with Gasteiger partial charge in [-0.3, -0.25) is 9.59 Å². The Morgan fingerprint density at radius 1 is 1.28 bits per heavy atom. The summed E-state index contributed by atoms with van der Waals surface area (Å²) in [7, 11) is 0. The minimum Gasteiger partial charge on any atom is -0.481 e. The van der Waals surface area contributed by atoms with Gasteiger partial charge in [0.15, 0.2) is 0 Å². The number of fused-ring (bicyclic) bond motifs is 1. The Hall–Kier alpha value is -2.37. The largest absolute Gasteiger partial charge is 0.481 e. The number of nitrogens with one attached hydrogen (secondary N) is 1. The van der Waals surface area contributed by atoms with Crippen molar-refractivity contribution < 1.29 is 14.7 Å². The van der Waals surface area contributed by atoms with Gasteiger partial charge in [0.05, 0.1) is 16.4 Å². The van der Waals surface area contributed by atoms with E-state index >= 15 is 0 Å². The van der Waals surface area contributed by atoms with Gasteiger partial charge in [-0.15, -0.1) is 0 Å². The molecule has 1 aromatic carbocycles. The molecule has 0 atom stereocenters. The fourth-order valence-corrected chi connectivity index (χ4v) is 3.62. The molecule has 0 saturated heterocycles. The topological polar surface area (TPSA) is 84.2 Å². The van der Waals surface area contributed by atoms with Gasteiger partial charge in [0, 0.05) is 25.4 Å². The number of benzene rings is 1. The molecular weight excluding hydrogens is 318 g/mol. The van der Waals surface area contributed by atoms with E-state index in [1.165, 1.54) is 0 Å². The second-order valence-electron chi connectivity index (χ2n) is 7.35. The molecule has 4 rings (SSSR count). The molecule has 2 aliphatic carbocycles. The Kier molecular flexibility index (Phi) is 3.98. The SMILES string of the molecule is O=C(CCn1c(C2CC2)nc2ccccc21)NCC1(C(=O)O)CCC1. The van der Waals surface area contributed by atoms with Gasteiger partial charge >= 0.3 is 5.97 Å². The third-order valence-electron chi connectivity index (χ3n) is 5.58. The summed E-state index contributed by atoms with van der Waals surface area (Å²) in [6.07, 6.45) is 4.90. The van der Waals surface area contributed by atoms with Crippen LogP contribution < -0.4 is 5.32 Å². The number of aliphatic carboxylic acids is 1. The number of amides is 1. The van der Waals surface area contributed by atoms with Crippen LogP contribution in [-0.4, -0.2) is 33.1 Å². The highest BCUT2D eigenvalue weighted by Crippen LogP contribution is 2.41. The second kappa shape index (κ2) is 6.17. The van der Waals surface area contributed by atoms with Crippen molar-refractivity contribution in [3.05, 3.63) is 30.1 Å². The molecule has 25 heavy (non-hydrogen) atoms. The lowest BCUT2D eigenvalue weighted by Gasteiger charge is -2.37. The molecule has 1 aromatic heterocycles. The van der Waals surface area contributed by atoms with Gasteiger partial charge < -0.3 is 15.0 Å². The minimum atomic E-state index is -0.796. The van der Waals surface area contributed by atoms with Crippen molar-refractivity contribution in [2.24, 2.45) is 5.41 Å². The lowest BCUT2D eigenvalue weighted by molar-refractivity contribution is -0.154. The third kappa shape index (κ3) is 3.01. The summed E-state index contributed by atoms with van der Waals surface area (Å²) in [6.45, 7) is 0.819. The molecule has 2 N–H and O–H groups in total. The average molecular weight is 341 g/mol. The summed E-state index contributed by atoms with van der Waals surface area (Å²) in [5.74, 6) is 0.707. The van der Waals surface area contributed by atoms with Crippen molar-refractivity contribution in [2.45, 2.75) is 51.0 Å². The number of rotatable bonds is 7. The highest BCUT2D eigenvalue weighted by atomic mass is 16.4. The molecule has 0 spiro atoms. The highest BCUT2D eigenvalue weighted by Gasteiger charge is 2.44. The summed E-state index contributed by atoms with van der Waals surface area (Å²) in [5, 5.41) is 12.2. The first-order valence-electron chi connectivity index (χ1n) is 9.04. The third-order valence-corrected chi connectivity index (χ3v) is 5.58. The van der Waals surface area contributed by atoms with Gasteiger partial charge in [-0.1, -0.05) is 18.6 Å². The molecule has 6 nitrogen and oxygen atoms in total. The Morgan fingerprint density at radius 2 is 2.04 bits per heavy atom. The van der Waals surface area contributed by atoms with Gasteiger partial charge in [0.1, 0.15) is 5.82 Å². The number of aromatic nitrogens is 2. The summed E-state index contributed by atoms with van der Waals surface area (Å²) >= 11 is 0. The normalized spacial score (nSPS) is 18.7. The Bertz CT molecular complexity index is 818. The molecular formula is C19H23N3O3. The van der Waals surface area contributed by atoms with Gasteiger partial charge in [0.25, 0.3) is 0 Å². The molecule has 0 bridgehead atoms. The standard InChI is InChI=1S/C19H23N3O3/c23-16(20-12-19(18(24)25)9-3-10-19)8-11-22-15-5-2-1-4-14(15)21-17(22)13-6-7-13/h1-2,4-5,13H,3,6-12H2,(H,20,23)(H,24,25).